The van der Waals surface area contributed by atoms with Crippen molar-refractivity contribution in [2.24, 2.45) is 17.8 Å². The summed E-state index contributed by atoms with van der Waals surface area (Å²) in [6.45, 7) is 2.38. The van der Waals surface area contributed by atoms with Crippen molar-refractivity contribution in [2.75, 3.05) is 9.80 Å². The zero-order chi connectivity index (χ0) is 42.4. The maximum Gasteiger partial charge on any atom is 0.0461 e. The smallest absolute Gasteiger partial charge is 0.0461 e. The molecule has 4 atom stereocenters. The van der Waals surface area contributed by atoms with Crippen LogP contribution in [0.1, 0.15) is 49.7 Å². The first-order valence-electron chi connectivity index (χ1n) is 22.7. The van der Waals surface area contributed by atoms with E-state index in [1.54, 1.807) is 0 Å². The van der Waals surface area contributed by atoms with Crippen molar-refractivity contribution in [3.8, 4) is 22.3 Å². The molecule has 0 radical (unpaired) electrons. The summed E-state index contributed by atoms with van der Waals surface area (Å²) in [5.74, 6) is 1.59. The van der Waals surface area contributed by atoms with Crippen LogP contribution in [0.15, 0.2) is 259 Å². The minimum atomic E-state index is 0.353. The molecule has 2 nitrogen and oxygen atoms in total. The van der Waals surface area contributed by atoms with Crippen LogP contribution in [0.2, 0.25) is 0 Å². The fraction of sp³-hybridized carbons (Fsp3) is 0.148. The SMILES string of the molecule is CC1CC(c2ccccc2)=CC=C1N(C1=CCC([C@@H]2C=CC(N(C3=CCC(c4ccccc4)C=C3)c3ccc(-c4ccccc4)cc3)=CC2)C=C1)c1ccc(-c2ccccc2)cc1. The van der Waals surface area contributed by atoms with Crippen LogP contribution in [-0.2, 0) is 0 Å². The Morgan fingerprint density at radius 1 is 0.397 bits per heavy atom. The third-order valence-electron chi connectivity index (χ3n) is 13.2. The van der Waals surface area contributed by atoms with E-state index in [2.05, 4.69) is 253 Å². The Bertz CT molecular complexity index is 2770. The molecule has 6 aromatic rings. The highest BCUT2D eigenvalue weighted by atomic mass is 15.2. The quantitative estimate of drug-likeness (QED) is 0.129. The molecule has 4 aliphatic carbocycles. The Labute approximate surface area is 374 Å². The van der Waals surface area contributed by atoms with Gasteiger partial charge in [-0.25, -0.2) is 0 Å². The summed E-state index contributed by atoms with van der Waals surface area (Å²) in [7, 11) is 0. The Morgan fingerprint density at radius 3 is 1.29 bits per heavy atom. The highest BCUT2D eigenvalue weighted by Gasteiger charge is 2.28. The number of nitrogens with zero attached hydrogens (tertiary/aromatic N) is 2. The first-order valence-corrected chi connectivity index (χ1v) is 22.7. The molecule has 308 valence electrons. The van der Waals surface area contributed by atoms with E-state index in [4.69, 9.17) is 0 Å². The number of allylic oxidation sites excluding steroid dienone is 13. The maximum atomic E-state index is 2.51. The van der Waals surface area contributed by atoms with Crippen LogP contribution in [0, 0.1) is 17.8 Å². The summed E-state index contributed by atoms with van der Waals surface area (Å²) in [4.78, 5) is 4.96. The summed E-state index contributed by atoms with van der Waals surface area (Å²) in [5, 5.41) is 0. The molecule has 4 aliphatic rings. The molecule has 0 aromatic heterocycles. The predicted molar refractivity (Wildman–Crippen MR) is 267 cm³/mol. The Kier molecular flexibility index (Phi) is 11.7. The van der Waals surface area contributed by atoms with E-state index in [1.165, 1.54) is 73.1 Å². The molecule has 0 N–H and O–H groups in total. The van der Waals surface area contributed by atoms with Crippen LogP contribution < -0.4 is 9.80 Å². The van der Waals surface area contributed by atoms with Gasteiger partial charge in [0.2, 0.25) is 0 Å². The number of anilines is 2. The lowest BCUT2D eigenvalue weighted by Gasteiger charge is -2.36. The molecule has 0 saturated heterocycles. The van der Waals surface area contributed by atoms with E-state index in [0.29, 0.717) is 23.7 Å². The summed E-state index contributed by atoms with van der Waals surface area (Å²) in [6, 6.07) is 61.2. The monoisotopic (exact) mass is 814 g/mol. The lowest BCUT2D eigenvalue weighted by atomic mass is 9.81. The number of hydrogen-bond donors (Lipinski definition) is 0. The van der Waals surface area contributed by atoms with Gasteiger partial charge in [0.25, 0.3) is 0 Å². The zero-order valence-electron chi connectivity index (χ0n) is 36.0. The van der Waals surface area contributed by atoms with E-state index in [9.17, 15) is 0 Å². The van der Waals surface area contributed by atoms with Gasteiger partial charge in [-0.2, -0.15) is 0 Å². The van der Waals surface area contributed by atoms with Gasteiger partial charge >= 0.3 is 0 Å². The normalized spacial score (nSPS) is 20.5. The first kappa shape index (κ1) is 39.9. The van der Waals surface area contributed by atoms with E-state index >= 15 is 0 Å². The second-order valence-corrected chi connectivity index (χ2v) is 17.3. The topological polar surface area (TPSA) is 6.48 Å². The molecular formula is C61H54N2. The minimum Gasteiger partial charge on any atom is -0.314 e. The van der Waals surface area contributed by atoms with Crippen molar-refractivity contribution in [3.05, 3.63) is 271 Å². The fourth-order valence-corrected chi connectivity index (χ4v) is 9.72. The molecule has 0 aliphatic heterocycles. The fourth-order valence-electron chi connectivity index (χ4n) is 9.72. The first-order chi connectivity index (χ1) is 31.1. The Morgan fingerprint density at radius 2 is 0.825 bits per heavy atom. The molecule has 0 fully saturated rings. The summed E-state index contributed by atoms with van der Waals surface area (Å²) >= 11 is 0. The lowest BCUT2D eigenvalue weighted by Crippen LogP contribution is -2.28. The molecule has 6 aromatic carbocycles. The van der Waals surface area contributed by atoms with Crippen LogP contribution in [0.25, 0.3) is 27.8 Å². The van der Waals surface area contributed by atoms with Gasteiger partial charge in [0, 0.05) is 46.0 Å². The highest BCUT2D eigenvalue weighted by molar-refractivity contribution is 5.74. The molecule has 10 rings (SSSR count). The maximum absolute atomic E-state index is 2.51. The number of rotatable bonds is 11. The van der Waals surface area contributed by atoms with Crippen LogP contribution in [0.4, 0.5) is 11.4 Å². The Hall–Kier alpha value is -7.16. The van der Waals surface area contributed by atoms with Crippen LogP contribution in [-0.4, -0.2) is 0 Å². The molecule has 0 spiro atoms. The van der Waals surface area contributed by atoms with Crippen LogP contribution in [0.3, 0.4) is 0 Å². The zero-order valence-corrected chi connectivity index (χ0v) is 36.0. The molecule has 2 heteroatoms. The van der Waals surface area contributed by atoms with Crippen molar-refractivity contribution < 1.29 is 0 Å². The van der Waals surface area contributed by atoms with Gasteiger partial charge in [0.05, 0.1) is 0 Å². The van der Waals surface area contributed by atoms with Gasteiger partial charge in [-0.05, 0) is 125 Å². The van der Waals surface area contributed by atoms with Crippen molar-refractivity contribution in [1.82, 2.24) is 0 Å². The third-order valence-corrected chi connectivity index (χ3v) is 13.2. The van der Waals surface area contributed by atoms with E-state index in [0.717, 1.165) is 25.7 Å². The molecular weight excluding hydrogens is 761 g/mol. The largest absolute Gasteiger partial charge is 0.314 e. The summed E-state index contributed by atoms with van der Waals surface area (Å²) in [6.07, 6.45) is 30.4. The molecule has 0 saturated carbocycles. The molecule has 63 heavy (non-hydrogen) atoms. The second kappa shape index (κ2) is 18.4. The molecule has 0 bridgehead atoms. The lowest BCUT2D eigenvalue weighted by molar-refractivity contribution is 0.473. The van der Waals surface area contributed by atoms with Gasteiger partial charge in [-0.1, -0.05) is 195 Å². The van der Waals surface area contributed by atoms with E-state index in [-0.39, 0.29) is 0 Å². The summed E-state index contributed by atoms with van der Waals surface area (Å²) in [5.41, 5.74) is 16.4. The average Bonchev–Trinajstić information content (AvgIpc) is 3.37. The Balaban J connectivity index is 0.895. The van der Waals surface area contributed by atoms with Crippen molar-refractivity contribution >= 4 is 16.9 Å². The third kappa shape index (κ3) is 8.81. The van der Waals surface area contributed by atoms with E-state index < -0.39 is 0 Å². The van der Waals surface area contributed by atoms with Gasteiger partial charge < -0.3 is 9.80 Å². The van der Waals surface area contributed by atoms with Crippen LogP contribution in [0.5, 0.6) is 0 Å². The highest BCUT2D eigenvalue weighted by Crippen LogP contribution is 2.41. The van der Waals surface area contributed by atoms with Gasteiger partial charge in [-0.15, -0.1) is 0 Å². The van der Waals surface area contributed by atoms with Crippen molar-refractivity contribution in [3.63, 3.8) is 0 Å². The van der Waals surface area contributed by atoms with Gasteiger partial charge in [0.15, 0.2) is 0 Å². The van der Waals surface area contributed by atoms with Gasteiger partial charge in [-0.3, -0.25) is 0 Å². The van der Waals surface area contributed by atoms with E-state index in [1.807, 2.05) is 0 Å². The van der Waals surface area contributed by atoms with Gasteiger partial charge in [0.1, 0.15) is 0 Å². The molecule has 0 amide bonds. The molecule has 3 unspecified atom stereocenters. The van der Waals surface area contributed by atoms with Crippen molar-refractivity contribution in [1.29, 1.82) is 0 Å². The summed E-state index contributed by atoms with van der Waals surface area (Å²) < 4.78 is 0. The predicted octanol–water partition coefficient (Wildman–Crippen LogP) is 15.9. The molecule has 0 heterocycles. The second-order valence-electron chi connectivity index (χ2n) is 17.3. The average molecular weight is 815 g/mol. The number of benzene rings is 6. The van der Waals surface area contributed by atoms with Crippen LogP contribution >= 0.6 is 0 Å². The standard InChI is InChI=1S/C61H54N2/c1-45-44-55(49-20-12-5-13-21-49)32-43-61(45)63(59-39-28-52(29-40-59)48-18-10-4-11-19-48)60-41-30-54(31-42-60)53-26-37-58(38-27-53)62(56-33-22-50(23-34-56)46-14-6-2-7-15-46)57-35-24-51(25-36-57)47-16-8-3-9-17-47/h2-24,26,28-30,32-43,45,51,53-54H,25,27,31,44H2,1H3/t45?,51?,53-,54?/m1/s1. The number of hydrogen-bond acceptors (Lipinski definition) is 2. The minimum absolute atomic E-state index is 0.353. The van der Waals surface area contributed by atoms with Crippen molar-refractivity contribution in [2.45, 2.75) is 38.5 Å².